The Morgan fingerprint density at radius 2 is 1.95 bits per heavy atom. The summed E-state index contributed by atoms with van der Waals surface area (Å²) in [6.07, 6.45) is 6.39. The second-order valence-electron chi connectivity index (χ2n) is 5.79. The Morgan fingerprint density at radius 1 is 1.19 bits per heavy atom. The predicted octanol–water partition coefficient (Wildman–Crippen LogP) is 2.65. The molecule has 0 radical (unpaired) electrons. The molecule has 110 valence electrons. The van der Waals surface area contributed by atoms with Crippen molar-refractivity contribution < 1.29 is 14.3 Å². The van der Waals surface area contributed by atoms with Crippen molar-refractivity contribution in [1.82, 2.24) is 0 Å². The number of hydrogen-bond acceptors (Lipinski definition) is 3. The summed E-state index contributed by atoms with van der Waals surface area (Å²) < 4.78 is 4.79. The number of para-hydroxylation sites is 1. The summed E-state index contributed by atoms with van der Waals surface area (Å²) in [5.74, 6) is 0.612. The van der Waals surface area contributed by atoms with Gasteiger partial charge in [-0.05, 0) is 36.8 Å². The standard InChI is InChI=1S/C17H19NO3/c1-18(15-6-4-3-5-13(15)17(20)21-2)16(19)14-10-11-7-8-12(14)9-11/h3-8,11-12,14H,9-10H2,1-2H3. The molecule has 1 saturated carbocycles. The van der Waals surface area contributed by atoms with Crippen molar-refractivity contribution in [2.24, 2.45) is 17.8 Å². The van der Waals surface area contributed by atoms with E-state index in [1.54, 1.807) is 30.1 Å². The van der Waals surface area contributed by atoms with E-state index < -0.39 is 5.97 Å². The van der Waals surface area contributed by atoms with E-state index in [9.17, 15) is 9.59 Å². The van der Waals surface area contributed by atoms with Gasteiger partial charge in [0, 0.05) is 13.0 Å². The number of nitrogens with zero attached hydrogens (tertiary/aromatic N) is 1. The molecule has 3 atom stereocenters. The molecular formula is C17H19NO3. The number of benzene rings is 1. The van der Waals surface area contributed by atoms with Crippen LogP contribution in [0.5, 0.6) is 0 Å². The molecule has 4 heteroatoms. The molecule has 1 amide bonds. The SMILES string of the molecule is COC(=O)c1ccccc1N(C)C(=O)C1CC2C=CC1C2. The lowest BCUT2D eigenvalue weighted by atomic mass is 9.92. The first kappa shape index (κ1) is 13.9. The molecule has 21 heavy (non-hydrogen) atoms. The average Bonchev–Trinajstić information content (AvgIpc) is 3.15. The van der Waals surface area contributed by atoms with Crippen molar-refractivity contribution in [3.63, 3.8) is 0 Å². The fraction of sp³-hybridized carbons (Fsp3) is 0.412. The zero-order valence-electron chi connectivity index (χ0n) is 12.3. The van der Waals surface area contributed by atoms with Crippen LogP contribution in [0.3, 0.4) is 0 Å². The van der Waals surface area contributed by atoms with E-state index in [1.807, 2.05) is 6.07 Å². The molecule has 0 saturated heterocycles. The van der Waals surface area contributed by atoms with E-state index in [1.165, 1.54) is 7.11 Å². The first-order chi connectivity index (χ1) is 10.1. The number of fused-ring (bicyclic) bond motifs is 2. The van der Waals surface area contributed by atoms with Crippen LogP contribution in [-0.2, 0) is 9.53 Å². The number of amides is 1. The highest BCUT2D eigenvalue weighted by Crippen LogP contribution is 2.44. The number of rotatable bonds is 3. The van der Waals surface area contributed by atoms with Crippen molar-refractivity contribution in [2.45, 2.75) is 12.8 Å². The van der Waals surface area contributed by atoms with Gasteiger partial charge in [0.05, 0.1) is 18.4 Å². The summed E-state index contributed by atoms with van der Waals surface area (Å²) in [6.45, 7) is 0. The summed E-state index contributed by atoms with van der Waals surface area (Å²) >= 11 is 0. The molecule has 2 aliphatic rings. The van der Waals surface area contributed by atoms with E-state index in [4.69, 9.17) is 4.74 Å². The highest BCUT2D eigenvalue weighted by atomic mass is 16.5. The first-order valence-electron chi connectivity index (χ1n) is 7.25. The monoisotopic (exact) mass is 285 g/mol. The van der Waals surface area contributed by atoms with Gasteiger partial charge in [-0.15, -0.1) is 0 Å². The second-order valence-corrected chi connectivity index (χ2v) is 5.79. The summed E-state index contributed by atoms with van der Waals surface area (Å²) in [7, 11) is 3.08. The lowest BCUT2D eigenvalue weighted by Crippen LogP contribution is -2.35. The van der Waals surface area contributed by atoms with Crippen LogP contribution in [0.25, 0.3) is 0 Å². The molecule has 3 unspecified atom stereocenters. The first-order valence-corrected chi connectivity index (χ1v) is 7.25. The van der Waals surface area contributed by atoms with Crippen LogP contribution in [0.4, 0.5) is 5.69 Å². The third kappa shape index (κ3) is 2.35. The topological polar surface area (TPSA) is 46.6 Å². The minimum Gasteiger partial charge on any atom is -0.465 e. The number of carbonyl (C=O) groups excluding carboxylic acids is 2. The lowest BCUT2D eigenvalue weighted by Gasteiger charge is -2.26. The minimum atomic E-state index is -0.418. The Hall–Kier alpha value is -2.10. The summed E-state index contributed by atoms with van der Waals surface area (Å²) in [6, 6.07) is 7.07. The Morgan fingerprint density at radius 3 is 2.57 bits per heavy atom. The Bertz CT molecular complexity index is 608. The van der Waals surface area contributed by atoms with E-state index in [2.05, 4.69) is 12.2 Å². The van der Waals surface area contributed by atoms with Crippen LogP contribution in [-0.4, -0.2) is 26.0 Å². The molecular weight excluding hydrogens is 266 g/mol. The molecule has 2 aliphatic carbocycles. The summed E-state index contributed by atoms with van der Waals surface area (Å²) in [4.78, 5) is 26.2. The van der Waals surface area contributed by atoms with Gasteiger partial charge < -0.3 is 9.64 Å². The fourth-order valence-corrected chi connectivity index (χ4v) is 3.48. The molecule has 1 aromatic carbocycles. The van der Waals surface area contributed by atoms with E-state index in [0.717, 1.165) is 12.8 Å². The Balaban J connectivity index is 1.85. The van der Waals surface area contributed by atoms with Crippen LogP contribution in [0.15, 0.2) is 36.4 Å². The molecule has 0 aromatic heterocycles. The Labute approximate surface area is 124 Å². The van der Waals surface area contributed by atoms with Gasteiger partial charge >= 0.3 is 5.97 Å². The number of anilines is 1. The smallest absolute Gasteiger partial charge is 0.339 e. The average molecular weight is 285 g/mol. The van der Waals surface area contributed by atoms with E-state index in [-0.39, 0.29) is 11.8 Å². The van der Waals surface area contributed by atoms with Gasteiger partial charge in [0.2, 0.25) is 5.91 Å². The van der Waals surface area contributed by atoms with E-state index >= 15 is 0 Å². The molecule has 1 aromatic rings. The van der Waals surface area contributed by atoms with Crippen LogP contribution >= 0.6 is 0 Å². The van der Waals surface area contributed by atoms with Gasteiger partial charge in [-0.2, -0.15) is 0 Å². The van der Waals surface area contributed by atoms with Crippen molar-refractivity contribution in [1.29, 1.82) is 0 Å². The molecule has 0 spiro atoms. The molecule has 0 N–H and O–H groups in total. The number of methoxy groups -OCH3 is 1. The van der Waals surface area contributed by atoms with Crippen molar-refractivity contribution >= 4 is 17.6 Å². The minimum absolute atomic E-state index is 0.0377. The summed E-state index contributed by atoms with van der Waals surface area (Å²) in [5, 5.41) is 0. The van der Waals surface area contributed by atoms with Crippen molar-refractivity contribution in [2.75, 3.05) is 19.1 Å². The second kappa shape index (κ2) is 5.35. The number of hydrogen-bond donors (Lipinski definition) is 0. The molecule has 0 aliphatic heterocycles. The van der Waals surface area contributed by atoms with Crippen LogP contribution < -0.4 is 4.90 Å². The molecule has 3 rings (SSSR count). The quantitative estimate of drug-likeness (QED) is 0.633. The van der Waals surface area contributed by atoms with Gasteiger partial charge in [-0.3, -0.25) is 4.79 Å². The third-order valence-electron chi connectivity index (χ3n) is 4.60. The lowest BCUT2D eigenvalue weighted by molar-refractivity contribution is -0.122. The number of ether oxygens (including phenoxy) is 1. The van der Waals surface area contributed by atoms with Crippen molar-refractivity contribution in [3.8, 4) is 0 Å². The van der Waals surface area contributed by atoms with Crippen LogP contribution in [0, 0.1) is 17.8 Å². The van der Waals surface area contributed by atoms with Gasteiger partial charge in [-0.25, -0.2) is 4.79 Å². The number of esters is 1. The number of allylic oxidation sites excluding steroid dienone is 2. The van der Waals surface area contributed by atoms with E-state index in [0.29, 0.717) is 23.1 Å². The Kier molecular flexibility index (Phi) is 3.53. The predicted molar refractivity (Wildman–Crippen MR) is 80.0 cm³/mol. The van der Waals surface area contributed by atoms with Crippen molar-refractivity contribution in [3.05, 3.63) is 42.0 Å². The number of carbonyl (C=O) groups is 2. The van der Waals surface area contributed by atoms with Crippen LogP contribution in [0.2, 0.25) is 0 Å². The maximum Gasteiger partial charge on any atom is 0.339 e. The van der Waals surface area contributed by atoms with Gasteiger partial charge in [-0.1, -0.05) is 24.3 Å². The highest BCUT2D eigenvalue weighted by molar-refractivity contribution is 6.03. The molecule has 0 heterocycles. The third-order valence-corrected chi connectivity index (χ3v) is 4.60. The van der Waals surface area contributed by atoms with Gasteiger partial charge in [0.1, 0.15) is 0 Å². The maximum atomic E-state index is 12.7. The largest absolute Gasteiger partial charge is 0.465 e. The molecule has 1 fully saturated rings. The fourth-order valence-electron chi connectivity index (χ4n) is 3.48. The molecule has 4 nitrogen and oxygen atoms in total. The van der Waals surface area contributed by atoms with Gasteiger partial charge in [0.15, 0.2) is 0 Å². The molecule has 2 bridgehead atoms. The van der Waals surface area contributed by atoms with Crippen LogP contribution in [0.1, 0.15) is 23.2 Å². The normalized spacial score (nSPS) is 25.9. The maximum absolute atomic E-state index is 12.7. The zero-order chi connectivity index (χ0) is 15.0. The highest BCUT2D eigenvalue weighted by Gasteiger charge is 2.41. The zero-order valence-corrected chi connectivity index (χ0v) is 12.3. The summed E-state index contributed by atoms with van der Waals surface area (Å²) in [5.41, 5.74) is 1.04. The van der Waals surface area contributed by atoms with Gasteiger partial charge in [0.25, 0.3) is 0 Å².